The van der Waals surface area contributed by atoms with Crippen LogP contribution in [-0.4, -0.2) is 12.6 Å². The van der Waals surface area contributed by atoms with Crippen LogP contribution < -0.4 is 10.1 Å². The molecule has 2 unspecified atom stereocenters. The number of nitrogens with one attached hydrogen (secondary N) is 1. The average Bonchev–Trinajstić information content (AvgIpc) is 2.66. The first kappa shape index (κ1) is 11.9. The fourth-order valence-corrected chi connectivity index (χ4v) is 2.65. The van der Waals surface area contributed by atoms with E-state index in [0.717, 1.165) is 29.6 Å². The molecule has 1 aromatic carbocycles. The summed E-state index contributed by atoms with van der Waals surface area (Å²) in [6.07, 6.45) is 2.44. The zero-order chi connectivity index (χ0) is 11.5. The Labute approximate surface area is 106 Å². The van der Waals surface area contributed by atoms with E-state index in [1.54, 1.807) is 0 Å². The molecule has 2 nitrogen and oxygen atoms in total. The van der Waals surface area contributed by atoms with Gasteiger partial charge in [-0.25, -0.2) is 0 Å². The largest absolute Gasteiger partial charge is 0.487 e. The van der Waals surface area contributed by atoms with E-state index in [9.17, 15) is 0 Å². The van der Waals surface area contributed by atoms with E-state index in [0.29, 0.717) is 6.04 Å². The van der Waals surface area contributed by atoms with E-state index in [4.69, 9.17) is 4.74 Å². The minimum absolute atomic E-state index is 0.264. The lowest BCUT2D eigenvalue weighted by molar-refractivity contribution is 0.184. The van der Waals surface area contributed by atoms with E-state index in [1.807, 2.05) is 6.07 Å². The Hall–Kier alpha value is -0.540. The normalized spacial score (nSPS) is 22.9. The SMILES string of the molecule is CCCNC1c2cccc(Br)c2OC1CC. The second kappa shape index (κ2) is 5.19. The maximum Gasteiger partial charge on any atom is 0.138 e. The van der Waals surface area contributed by atoms with Crippen LogP contribution in [0.4, 0.5) is 0 Å². The van der Waals surface area contributed by atoms with Crippen molar-refractivity contribution >= 4 is 15.9 Å². The van der Waals surface area contributed by atoms with E-state index >= 15 is 0 Å². The van der Waals surface area contributed by atoms with Crippen LogP contribution in [0.25, 0.3) is 0 Å². The van der Waals surface area contributed by atoms with Gasteiger partial charge in [-0.05, 0) is 41.4 Å². The second-order valence-corrected chi connectivity index (χ2v) is 5.01. The minimum Gasteiger partial charge on any atom is -0.487 e. The molecular weight excluding hydrogens is 266 g/mol. The highest BCUT2D eigenvalue weighted by molar-refractivity contribution is 9.10. The quantitative estimate of drug-likeness (QED) is 0.911. The average molecular weight is 284 g/mol. The summed E-state index contributed by atoms with van der Waals surface area (Å²) in [5, 5.41) is 3.57. The molecule has 88 valence electrons. The lowest BCUT2D eigenvalue weighted by Gasteiger charge is -2.18. The van der Waals surface area contributed by atoms with Gasteiger partial charge in [-0.2, -0.15) is 0 Å². The molecule has 1 aliphatic rings. The standard InChI is InChI=1S/C13H18BrNO/c1-3-8-15-12-9-6-5-7-10(14)13(9)16-11(12)4-2/h5-7,11-12,15H,3-4,8H2,1-2H3. The molecule has 2 atom stereocenters. The maximum atomic E-state index is 5.99. The smallest absolute Gasteiger partial charge is 0.138 e. The van der Waals surface area contributed by atoms with Crippen molar-refractivity contribution in [1.82, 2.24) is 5.32 Å². The number of hydrogen-bond donors (Lipinski definition) is 1. The molecule has 0 saturated carbocycles. The van der Waals surface area contributed by atoms with Crippen LogP contribution in [-0.2, 0) is 0 Å². The van der Waals surface area contributed by atoms with Crippen LogP contribution in [0, 0.1) is 0 Å². The van der Waals surface area contributed by atoms with Gasteiger partial charge in [0.25, 0.3) is 0 Å². The van der Waals surface area contributed by atoms with Crippen LogP contribution >= 0.6 is 15.9 Å². The third-order valence-electron chi connectivity index (χ3n) is 2.99. The van der Waals surface area contributed by atoms with Gasteiger partial charge in [0.1, 0.15) is 11.9 Å². The predicted octanol–water partition coefficient (Wildman–Crippen LogP) is 3.66. The Morgan fingerprint density at radius 3 is 2.88 bits per heavy atom. The molecule has 0 fully saturated rings. The molecule has 0 amide bonds. The Bertz CT molecular complexity index is 367. The van der Waals surface area contributed by atoms with E-state index in [2.05, 4.69) is 47.2 Å². The fourth-order valence-electron chi connectivity index (χ4n) is 2.17. The van der Waals surface area contributed by atoms with Crippen molar-refractivity contribution in [1.29, 1.82) is 0 Å². The molecule has 16 heavy (non-hydrogen) atoms. The molecule has 0 aliphatic carbocycles. The predicted molar refractivity (Wildman–Crippen MR) is 69.9 cm³/mol. The van der Waals surface area contributed by atoms with Gasteiger partial charge in [0.05, 0.1) is 10.5 Å². The molecule has 0 radical (unpaired) electrons. The third-order valence-corrected chi connectivity index (χ3v) is 3.61. The van der Waals surface area contributed by atoms with Crippen LogP contribution in [0.2, 0.25) is 0 Å². The molecule has 1 heterocycles. The maximum absolute atomic E-state index is 5.99. The first-order valence-electron chi connectivity index (χ1n) is 5.96. The number of rotatable bonds is 4. The van der Waals surface area contributed by atoms with Crippen LogP contribution in [0.1, 0.15) is 38.3 Å². The lowest BCUT2D eigenvalue weighted by atomic mass is 10.0. The van der Waals surface area contributed by atoms with Gasteiger partial charge in [-0.15, -0.1) is 0 Å². The van der Waals surface area contributed by atoms with Gasteiger partial charge >= 0.3 is 0 Å². The zero-order valence-corrected chi connectivity index (χ0v) is 11.4. The Morgan fingerprint density at radius 2 is 2.19 bits per heavy atom. The highest BCUT2D eigenvalue weighted by Gasteiger charge is 2.33. The van der Waals surface area contributed by atoms with Gasteiger partial charge in [0.2, 0.25) is 0 Å². The second-order valence-electron chi connectivity index (χ2n) is 4.15. The summed E-state index contributed by atoms with van der Waals surface area (Å²) in [6.45, 7) is 5.40. The van der Waals surface area contributed by atoms with Gasteiger partial charge < -0.3 is 10.1 Å². The Balaban J connectivity index is 2.26. The van der Waals surface area contributed by atoms with Crippen molar-refractivity contribution in [2.45, 2.75) is 38.8 Å². The first-order chi connectivity index (χ1) is 7.77. The zero-order valence-electron chi connectivity index (χ0n) is 9.79. The molecule has 1 aromatic rings. The van der Waals surface area contributed by atoms with Gasteiger partial charge in [-0.1, -0.05) is 26.0 Å². The lowest BCUT2D eigenvalue weighted by Crippen LogP contribution is -2.30. The molecule has 2 rings (SSSR count). The van der Waals surface area contributed by atoms with Gasteiger partial charge in [0, 0.05) is 5.56 Å². The highest BCUT2D eigenvalue weighted by Crippen LogP contribution is 2.42. The third kappa shape index (κ3) is 2.11. The van der Waals surface area contributed by atoms with Crippen LogP contribution in [0.3, 0.4) is 0 Å². The summed E-state index contributed by atoms with van der Waals surface area (Å²) >= 11 is 3.55. The van der Waals surface area contributed by atoms with Crippen molar-refractivity contribution < 1.29 is 4.74 Å². The number of ether oxygens (including phenoxy) is 1. The van der Waals surface area contributed by atoms with Crippen molar-refractivity contribution in [3.8, 4) is 5.75 Å². The van der Waals surface area contributed by atoms with Crippen molar-refractivity contribution in [3.05, 3.63) is 28.2 Å². The summed E-state index contributed by atoms with van der Waals surface area (Å²) in [4.78, 5) is 0. The van der Waals surface area contributed by atoms with Crippen molar-refractivity contribution in [2.24, 2.45) is 0 Å². The summed E-state index contributed by atoms with van der Waals surface area (Å²) in [5.41, 5.74) is 1.29. The Morgan fingerprint density at radius 1 is 1.38 bits per heavy atom. The topological polar surface area (TPSA) is 21.3 Å². The molecular formula is C13H18BrNO. The minimum atomic E-state index is 0.264. The van der Waals surface area contributed by atoms with Crippen LogP contribution in [0.15, 0.2) is 22.7 Å². The number of benzene rings is 1. The number of halogens is 1. The number of hydrogen-bond acceptors (Lipinski definition) is 2. The molecule has 0 saturated heterocycles. The highest BCUT2D eigenvalue weighted by atomic mass is 79.9. The summed E-state index contributed by atoms with van der Waals surface area (Å²) in [5.74, 6) is 1.02. The summed E-state index contributed by atoms with van der Waals surface area (Å²) in [7, 11) is 0. The van der Waals surface area contributed by atoms with Gasteiger partial charge in [0.15, 0.2) is 0 Å². The monoisotopic (exact) mass is 283 g/mol. The van der Waals surface area contributed by atoms with Gasteiger partial charge in [-0.3, -0.25) is 0 Å². The van der Waals surface area contributed by atoms with E-state index in [1.165, 1.54) is 5.56 Å². The molecule has 0 bridgehead atoms. The Kier molecular flexibility index (Phi) is 3.87. The van der Waals surface area contributed by atoms with E-state index < -0.39 is 0 Å². The summed E-state index contributed by atoms with van der Waals surface area (Å²) in [6, 6.07) is 6.61. The molecule has 3 heteroatoms. The number of para-hydroxylation sites is 1. The van der Waals surface area contributed by atoms with Crippen molar-refractivity contribution in [2.75, 3.05) is 6.54 Å². The van der Waals surface area contributed by atoms with Crippen LogP contribution in [0.5, 0.6) is 5.75 Å². The van der Waals surface area contributed by atoms with Crippen molar-refractivity contribution in [3.63, 3.8) is 0 Å². The molecule has 0 spiro atoms. The molecule has 1 N–H and O–H groups in total. The fraction of sp³-hybridized carbons (Fsp3) is 0.538. The first-order valence-corrected chi connectivity index (χ1v) is 6.75. The van der Waals surface area contributed by atoms with E-state index in [-0.39, 0.29) is 6.10 Å². The number of fused-ring (bicyclic) bond motifs is 1. The molecule has 1 aliphatic heterocycles. The summed E-state index contributed by atoms with van der Waals surface area (Å²) < 4.78 is 7.05. The molecule has 0 aromatic heterocycles.